The monoisotopic (exact) mass is 857 g/mol. The molecule has 0 N–H and O–H groups in total. The molecule has 3 heterocycles. The molecule has 51 heavy (non-hydrogen) atoms. The van der Waals surface area contributed by atoms with Gasteiger partial charge in [-0.2, -0.15) is 0 Å². The number of hydrogen-bond donors (Lipinski definition) is 0. The van der Waals surface area contributed by atoms with Crippen LogP contribution in [0.2, 0.25) is 19.6 Å². The van der Waals surface area contributed by atoms with Crippen LogP contribution in [0, 0.1) is 12.1 Å². The molecule has 0 saturated heterocycles. The topological polar surface area (TPSA) is 38.9 Å². The van der Waals surface area contributed by atoms with E-state index in [1.807, 2.05) is 48.8 Å². The van der Waals surface area contributed by atoms with Crippen LogP contribution in [0.3, 0.4) is 0 Å². The summed E-state index contributed by atoms with van der Waals surface area (Å²) in [5.74, 6) is 0.455. The minimum absolute atomic E-state index is 0. The molecule has 0 bridgehead atoms. The van der Waals surface area contributed by atoms with Crippen molar-refractivity contribution in [1.29, 1.82) is 0 Å². The summed E-state index contributed by atoms with van der Waals surface area (Å²) in [5.41, 5.74) is 11.8. The number of hydrogen-bond acceptors (Lipinski definition) is 3. The second kappa shape index (κ2) is 15.5. The molecule has 1 radical (unpaired) electrons. The average Bonchev–Trinajstić information content (AvgIpc) is 3.53. The molecule has 0 amide bonds. The Morgan fingerprint density at radius 2 is 1.27 bits per heavy atom. The maximum Gasteiger partial charge on any atom is 0.121 e. The standard InChI is InChI=1S/C32H24NO.C14H16NSi.Ir/c1-21(2)25-16-17-33-30(20-25)27-13-15-32-29(19-27)28-18-26(12-14-31(28)34-32)24-10-8-23(9-11-24)22-6-4-3-5-7-22;1-16(2,3)13-9-10-14(15-11-13)12-7-5-4-6-8-12;/h3-12,14-21H,1-2H3;4-7,9-11H,1-3H3;/q2*-1;. The molecule has 3 nitrogen and oxygen atoms in total. The van der Waals surface area contributed by atoms with Gasteiger partial charge >= 0.3 is 0 Å². The number of nitrogens with zero attached hydrogens (tertiary/aromatic N) is 2. The maximum atomic E-state index is 6.12. The van der Waals surface area contributed by atoms with E-state index in [4.69, 9.17) is 4.42 Å². The molecule has 0 fully saturated rings. The van der Waals surface area contributed by atoms with Crippen molar-refractivity contribution in [3.05, 3.63) is 164 Å². The fourth-order valence-corrected chi connectivity index (χ4v) is 7.07. The third-order valence-corrected chi connectivity index (χ3v) is 11.1. The summed E-state index contributed by atoms with van der Waals surface area (Å²) in [6.45, 7) is 11.4. The molecular weight excluding hydrogens is 817 g/mol. The Hall–Kier alpha value is -4.93. The molecule has 0 atom stereocenters. The molecule has 5 heteroatoms. The van der Waals surface area contributed by atoms with Gasteiger partial charge < -0.3 is 14.4 Å². The van der Waals surface area contributed by atoms with Crippen LogP contribution in [-0.4, -0.2) is 18.0 Å². The van der Waals surface area contributed by atoms with Gasteiger partial charge in [-0.1, -0.05) is 123 Å². The Morgan fingerprint density at radius 1 is 0.588 bits per heavy atom. The quantitative estimate of drug-likeness (QED) is 0.124. The van der Waals surface area contributed by atoms with Gasteiger partial charge in [-0.15, -0.1) is 59.7 Å². The smallest absolute Gasteiger partial charge is 0.121 e. The van der Waals surface area contributed by atoms with Crippen LogP contribution in [0.25, 0.3) is 66.7 Å². The number of furan rings is 1. The van der Waals surface area contributed by atoms with Crippen molar-refractivity contribution in [1.82, 2.24) is 9.97 Å². The molecule has 8 aromatic rings. The zero-order chi connectivity index (χ0) is 34.7. The minimum atomic E-state index is -1.23. The molecule has 0 spiro atoms. The summed E-state index contributed by atoms with van der Waals surface area (Å²) in [7, 11) is -1.23. The second-order valence-electron chi connectivity index (χ2n) is 14.0. The average molecular weight is 857 g/mol. The Balaban J connectivity index is 0.000000222. The summed E-state index contributed by atoms with van der Waals surface area (Å²) < 4.78 is 6.12. The van der Waals surface area contributed by atoms with Crippen LogP contribution in [-0.2, 0) is 20.1 Å². The van der Waals surface area contributed by atoms with Crippen LogP contribution < -0.4 is 5.19 Å². The Kier molecular flexibility index (Phi) is 10.9. The summed E-state index contributed by atoms with van der Waals surface area (Å²) in [6, 6.07) is 52.7. The predicted octanol–water partition coefficient (Wildman–Crippen LogP) is 12.0. The maximum absolute atomic E-state index is 6.12. The number of pyridine rings is 2. The summed E-state index contributed by atoms with van der Waals surface area (Å²) >= 11 is 0. The molecule has 255 valence electrons. The number of benzene rings is 5. The SMILES string of the molecule is CC(C)c1ccnc(-c2[c-]cc3oc4ccc(-c5ccc(-c6ccccc6)cc5)cc4c3c2)c1.C[Si](C)(C)c1ccc(-c2[c-]cccc2)nc1.[Ir]. The molecule has 0 aliphatic carbocycles. The van der Waals surface area contributed by atoms with Gasteiger partial charge in [0.15, 0.2) is 0 Å². The van der Waals surface area contributed by atoms with E-state index in [0.717, 1.165) is 44.5 Å². The van der Waals surface area contributed by atoms with Gasteiger partial charge in [-0.05, 0) is 62.9 Å². The molecule has 8 rings (SSSR count). The Bertz CT molecular complexity index is 2360. The first-order chi connectivity index (χ1) is 24.2. The van der Waals surface area contributed by atoms with Crippen molar-refractivity contribution in [2.45, 2.75) is 39.4 Å². The fraction of sp³-hybridized carbons (Fsp3) is 0.130. The summed E-state index contributed by atoms with van der Waals surface area (Å²) in [6.07, 6.45) is 3.90. The number of fused-ring (bicyclic) bond motifs is 3. The van der Waals surface area contributed by atoms with E-state index in [0.29, 0.717) is 5.92 Å². The van der Waals surface area contributed by atoms with E-state index < -0.39 is 8.07 Å². The van der Waals surface area contributed by atoms with Crippen LogP contribution in [0.1, 0.15) is 25.3 Å². The van der Waals surface area contributed by atoms with Gasteiger partial charge in [0.2, 0.25) is 0 Å². The Labute approximate surface area is 315 Å². The second-order valence-corrected chi connectivity index (χ2v) is 19.0. The van der Waals surface area contributed by atoms with E-state index >= 15 is 0 Å². The van der Waals surface area contributed by atoms with Crippen LogP contribution in [0.15, 0.2) is 150 Å². The summed E-state index contributed by atoms with van der Waals surface area (Å²) in [5, 5.41) is 3.59. The number of rotatable bonds is 6. The zero-order valence-electron chi connectivity index (χ0n) is 29.6. The molecule has 5 aromatic carbocycles. The molecule has 0 unspecified atom stereocenters. The van der Waals surface area contributed by atoms with Crippen molar-refractivity contribution in [3.8, 4) is 44.8 Å². The molecular formula is C46H40IrN2OSi-2. The van der Waals surface area contributed by atoms with Crippen molar-refractivity contribution >= 4 is 35.2 Å². The predicted molar refractivity (Wildman–Crippen MR) is 212 cm³/mol. The van der Waals surface area contributed by atoms with Gasteiger partial charge in [0.1, 0.15) is 5.58 Å². The van der Waals surface area contributed by atoms with E-state index in [9.17, 15) is 0 Å². The van der Waals surface area contributed by atoms with Gasteiger partial charge in [0, 0.05) is 37.9 Å². The van der Waals surface area contributed by atoms with Crippen molar-refractivity contribution in [2.75, 3.05) is 0 Å². The van der Waals surface area contributed by atoms with E-state index in [1.165, 1.54) is 33.0 Å². The Morgan fingerprint density at radius 3 is 1.94 bits per heavy atom. The molecule has 3 aromatic heterocycles. The van der Waals surface area contributed by atoms with E-state index in [1.54, 1.807) is 0 Å². The van der Waals surface area contributed by atoms with E-state index in [-0.39, 0.29) is 20.1 Å². The van der Waals surface area contributed by atoms with Gasteiger partial charge in [0.25, 0.3) is 0 Å². The first-order valence-corrected chi connectivity index (χ1v) is 20.7. The van der Waals surface area contributed by atoms with Crippen LogP contribution in [0.5, 0.6) is 0 Å². The number of aromatic nitrogens is 2. The van der Waals surface area contributed by atoms with Crippen LogP contribution in [0.4, 0.5) is 0 Å². The van der Waals surface area contributed by atoms with Crippen molar-refractivity contribution in [3.63, 3.8) is 0 Å². The van der Waals surface area contributed by atoms with E-state index in [2.05, 4.69) is 153 Å². The van der Waals surface area contributed by atoms with Gasteiger partial charge in [-0.25, -0.2) is 0 Å². The first-order valence-electron chi connectivity index (χ1n) is 17.2. The van der Waals surface area contributed by atoms with Gasteiger partial charge in [0.05, 0.1) is 13.7 Å². The third-order valence-electron chi connectivity index (χ3n) is 9.07. The van der Waals surface area contributed by atoms with Crippen LogP contribution >= 0.6 is 0 Å². The fourth-order valence-electron chi connectivity index (χ4n) is 6.04. The summed E-state index contributed by atoms with van der Waals surface area (Å²) in [4.78, 5) is 9.12. The van der Waals surface area contributed by atoms with Gasteiger partial charge in [-0.3, -0.25) is 0 Å². The minimum Gasteiger partial charge on any atom is -0.500 e. The molecule has 0 aliphatic rings. The molecule has 0 aliphatic heterocycles. The van der Waals surface area contributed by atoms with Crippen molar-refractivity contribution in [2.24, 2.45) is 0 Å². The largest absolute Gasteiger partial charge is 0.500 e. The zero-order valence-corrected chi connectivity index (χ0v) is 33.0. The first kappa shape index (κ1) is 35.9. The normalized spacial score (nSPS) is 11.3. The van der Waals surface area contributed by atoms with Crippen molar-refractivity contribution < 1.29 is 24.5 Å². The third kappa shape index (κ3) is 8.18. The molecule has 0 saturated carbocycles.